The van der Waals surface area contributed by atoms with Crippen LogP contribution in [0.1, 0.15) is 18.1 Å². The molecule has 0 amide bonds. The van der Waals surface area contributed by atoms with Crippen LogP contribution < -0.4 is 17.0 Å². The number of hydrogen-bond acceptors (Lipinski definition) is 5. The molecule has 26 heavy (non-hydrogen) atoms. The van der Waals surface area contributed by atoms with E-state index < -0.39 is 17.1 Å². The topological polar surface area (TPSA) is 113 Å². The standard InChI is InChI=1S/C19H18N4O3/c1-11-7-3-6-10-15(11)23-18(25)16(17(24)22-19(23)26)12(2)21-14-9-5-4-8-13(14)20/h3-10,25H,20H2,1-2H3,(H,22,24,26). The summed E-state index contributed by atoms with van der Waals surface area (Å²) in [5.74, 6) is -0.469. The Morgan fingerprint density at radius 2 is 1.77 bits per heavy atom. The Bertz CT molecular complexity index is 1130. The number of nitrogens with zero attached hydrogens (tertiary/aromatic N) is 2. The second-order valence-corrected chi connectivity index (χ2v) is 5.84. The number of anilines is 1. The van der Waals surface area contributed by atoms with Gasteiger partial charge in [-0.15, -0.1) is 0 Å². The Morgan fingerprint density at radius 3 is 2.46 bits per heavy atom. The van der Waals surface area contributed by atoms with Gasteiger partial charge in [0.05, 0.1) is 22.8 Å². The molecular weight excluding hydrogens is 332 g/mol. The Hall–Kier alpha value is -3.61. The minimum absolute atomic E-state index is 0.0869. The van der Waals surface area contributed by atoms with Crippen molar-refractivity contribution in [2.75, 3.05) is 5.73 Å². The zero-order valence-electron chi connectivity index (χ0n) is 14.4. The number of benzene rings is 2. The minimum atomic E-state index is -0.724. The van der Waals surface area contributed by atoms with E-state index in [9.17, 15) is 14.7 Å². The third-order valence-electron chi connectivity index (χ3n) is 4.03. The largest absolute Gasteiger partial charge is 0.493 e. The molecule has 0 spiro atoms. The van der Waals surface area contributed by atoms with Crippen molar-refractivity contribution in [2.45, 2.75) is 13.8 Å². The number of rotatable bonds is 3. The molecule has 132 valence electrons. The van der Waals surface area contributed by atoms with Gasteiger partial charge in [-0.05, 0) is 37.6 Å². The quantitative estimate of drug-likeness (QED) is 0.496. The monoisotopic (exact) mass is 350 g/mol. The molecule has 0 radical (unpaired) electrons. The highest BCUT2D eigenvalue weighted by Crippen LogP contribution is 2.24. The van der Waals surface area contributed by atoms with Crippen molar-refractivity contribution in [2.24, 2.45) is 4.99 Å². The third-order valence-corrected chi connectivity index (χ3v) is 4.03. The van der Waals surface area contributed by atoms with Gasteiger partial charge in [0, 0.05) is 0 Å². The lowest BCUT2D eigenvalue weighted by Gasteiger charge is -2.13. The number of aromatic hydroxyl groups is 1. The SMILES string of the molecule is CC(=Nc1ccccc1N)c1c(O)n(-c2ccccc2C)c(=O)[nH]c1=O. The lowest BCUT2D eigenvalue weighted by atomic mass is 10.1. The third kappa shape index (κ3) is 3.02. The summed E-state index contributed by atoms with van der Waals surface area (Å²) < 4.78 is 1.05. The number of nitrogens with one attached hydrogen (secondary N) is 1. The number of aromatic amines is 1. The van der Waals surface area contributed by atoms with E-state index in [4.69, 9.17) is 5.73 Å². The molecule has 0 aliphatic carbocycles. The van der Waals surface area contributed by atoms with Gasteiger partial charge in [0.15, 0.2) is 0 Å². The fourth-order valence-electron chi connectivity index (χ4n) is 2.71. The number of H-pyrrole nitrogens is 1. The van der Waals surface area contributed by atoms with Crippen LogP contribution in [0.2, 0.25) is 0 Å². The highest BCUT2D eigenvalue weighted by molar-refractivity contribution is 6.02. The van der Waals surface area contributed by atoms with Crippen molar-refractivity contribution in [3.05, 3.63) is 80.5 Å². The molecule has 0 atom stereocenters. The van der Waals surface area contributed by atoms with Crippen molar-refractivity contribution in [1.82, 2.24) is 9.55 Å². The first-order valence-corrected chi connectivity index (χ1v) is 7.94. The molecule has 0 aliphatic heterocycles. The predicted octanol–water partition coefficient (Wildman–Crippen LogP) is 2.26. The van der Waals surface area contributed by atoms with Crippen LogP contribution in [0.15, 0.2) is 63.1 Å². The lowest BCUT2D eigenvalue weighted by Crippen LogP contribution is -2.33. The first-order valence-electron chi connectivity index (χ1n) is 7.94. The number of aliphatic imine (C=N–C) groups is 1. The van der Waals surface area contributed by atoms with Gasteiger partial charge in [0.2, 0.25) is 5.88 Å². The molecular formula is C19H18N4O3. The first-order chi connectivity index (χ1) is 12.4. The van der Waals surface area contributed by atoms with Crippen LogP contribution in [0.5, 0.6) is 5.88 Å². The normalized spacial score (nSPS) is 11.5. The molecule has 3 aromatic rings. The molecule has 7 nitrogen and oxygen atoms in total. The molecule has 1 aromatic heterocycles. The molecule has 0 bridgehead atoms. The van der Waals surface area contributed by atoms with Crippen molar-refractivity contribution in [1.29, 1.82) is 0 Å². The maximum Gasteiger partial charge on any atom is 0.335 e. The van der Waals surface area contributed by atoms with Crippen LogP contribution in [0, 0.1) is 6.92 Å². The maximum atomic E-state index is 12.3. The average Bonchev–Trinajstić information content (AvgIpc) is 2.58. The van der Waals surface area contributed by atoms with Crippen molar-refractivity contribution in [3.8, 4) is 11.6 Å². The summed E-state index contributed by atoms with van der Waals surface area (Å²) in [6.07, 6.45) is 0. The molecule has 0 saturated carbocycles. The van der Waals surface area contributed by atoms with Gasteiger partial charge in [-0.25, -0.2) is 9.36 Å². The van der Waals surface area contributed by atoms with Gasteiger partial charge < -0.3 is 10.8 Å². The highest BCUT2D eigenvalue weighted by Gasteiger charge is 2.19. The molecule has 4 N–H and O–H groups in total. The van der Waals surface area contributed by atoms with Gasteiger partial charge in [0.25, 0.3) is 5.56 Å². The summed E-state index contributed by atoms with van der Waals surface area (Å²) in [5.41, 5.74) is 6.74. The summed E-state index contributed by atoms with van der Waals surface area (Å²) in [4.78, 5) is 31.2. The van der Waals surface area contributed by atoms with Gasteiger partial charge in [-0.3, -0.25) is 14.8 Å². The molecule has 0 fully saturated rings. The van der Waals surface area contributed by atoms with Crippen LogP contribution >= 0.6 is 0 Å². The number of para-hydroxylation sites is 3. The van der Waals surface area contributed by atoms with E-state index in [-0.39, 0.29) is 11.3 Å². The van der Waals surface area contributed by atoms with Gasteiger partial charge in [-0.1, -0.05) is 30.3 Å². The van der Waals surface area contributed by atoms with Crippen LogP contribution in [0.3, 0.4) is 0 Å². The van der Waals surface area contributed by atoms with E-state index in [1.807, 2.05) is 6.07 Å². The highest BCUT2D eigenvalue weighted by atomic mass is 16.3. The number of nitrogen functional groups attached to an aromatic ring is 1. The molecule has 1 heterocycles. The summed E-state index contributed by atoms with van der Waals surface area (Å²) in [7, 11) is 0. The van der Waals surface area contributed by atoms with Crippen molar-refractivity contribution >= 4 is 17.1 Å². The summed E-state index contributed by atoms with van der Waals surface area (Å²) in [5, 5.41) is 10.7. The van der Waals surface area contributed by atoms with E-state index in [1.54, 1.807) is 56.3 Å². The van der Waals surface area contributed by atoms with E-state index in [2.05, 4.69) is 9.98 Å². The van der Waals surface area contributed by atoms with Gasteiger partial charge in [-0.2, -0.15) is 0 Å². The number of hydrogen-bond donors (Lipinski definition) is 3. The van der Waals surface area contributed by atoms with Gasteiger partial charge >= 0.3 is 5.69 Å². The summed E-state index contributed by atoms with van der Waals surface area (Å²) in [6, 6.07) is 14.0. The Kier molecular flexibility index (Phi) is 4.45. The van der Waals surface area contributed by atoms with E-state index in [0.717, 1.165) is 10.1 Å². The molecule has 7 heteroatoms. The predicted molar refractivity (Wildman–Crippen MR) is 102 cm³/mol. The van der Waals surface area contributed by atoms with Gasteiger partial charge in [0.1, 0.15) is 5.56 Å². The fourth-order valence-corrected chi connectivity index (χ4v) is 2.71. The lowest BCUT2D eigenvalue weighted by molar-refractivity contribution is 0.429. The average molecular weight is 350 g/mol. The molecule has 0 aliphatic rings. The second kappa shape index (κ2) is 6.72. The Balaban J connectivity index is 2.26. The van der Waals surface area contributed by atoms with Crippen molar-refractivity contribution < 1.29 is 5.11 Å². The molecule has 0 saturated heterocycles. The zero-order chi connectivity index (χ0) is 18.8. The second-order valence-electron chi connectivity index (χ2n) is 5.84. The van der Waals surface area contributed by atoms with Crippen LogP contribution in [0.25, 0.3) is 5.69 Å². The van der Waals surface area contributed by atoms with Crippen LogP contribution in [-0.4, -0.2) is 20.4 Å². The Labute approximate surface area is 149 Å². The Morgan fingerprint density at radius 1 is 1.12 bits per heavy atom. The smallest absolute Gasteiger partial charge is 0.335 e. The fraction of sp³-hybridized carbons (Fsp3) is 0.105. The molecule has 3 rings (SSSR count). The minimum Gasteiger partial charge on any atom is -0.493 e. The summed E-state index contributed by atoms with van der Waals surface area (Å²) >= 11 is 0. The molecule has 0 unspecified atom stereocenters. The molecule has 2 aromatic carbocycles. The number of aromatic nitrogens is 2. The van der Waals surface area contributed by atoms with Crippen molar-refractivity contribution in [3.63, 3.8) is 0 Å². The van der Waals surface area contributed by atoms with Crippen LogP contribution in [-0.2, 0) is 0 Å². The maximum absolute atomic E-state index is 12.3. The number of aryl methyl sites for hydroxylation is 1. The summed E-state index contributed by atoms with van der Waals surface area (Å²) in [6.45, 7) is 3.38. The first kappa shape index (κ1) is 17.2. The van der Waals surface area contributed by atoms with Crippen LogP contribution in [0.4, 0.5) is 11.4 Å². The van der Waals surface area contributed by atoms with E-state index in [0.29, 0.717) is 17.1 Å². The van der Waals surface area contributed by atoms with E-state index >= 15 is 0 Å². The zero-order valence-corrected chi connectivity index (χ0v) is 14.4. The van der Waals surface area contributed by atoms with E-state index in [1.165, 1.54) is 0 Å². The number of nitrogens with two attached hydrogens (primary N) is 1.